The molecule has 22 heavy (non-hydrogen) atoms. The van der Waals surface area contributed by atoms with E-state index in [0.29, 0.717) is 5.02 Å². The third-order valence-corrected chi connectivity index (χ3v) is 3.84. The number of aromatic nitrogens is 1. The SMILES string of the molecule is Clc1cc(/C=C/c2ccc3c(c2)OCO3)nc2ccccc12. The van der Waals surface area contributed by atoms with Gasteiger partial charge in [0.05, 0.1) is 16.2 Å². The molecule has 0 amide bonds. The monoisotopic (exact) mass is 309 g/mol. The first kappa shape index (κ1) is 13.2. The largest absolute Gasteiger partial charge is 0.454 e. The Balaban J connectivity index is 1.68. The van der Waals surface area contributed by atoms with E-state index in [1.54, 1.807) is 0 Å². The number of pyridine rings is 1. The Morgan fingerprint density at radius 2 is 1.82 bits per heavy atom. The second-order valence-corrected chi connectivity index (χ2v) is 5.40. The summed E-state index contributed by atoms with van der Waals surface area (Å²) in [4.78, 5) is 4.60. The lowest BCUT2D eigenvalue weighted by molar-refractivity contribution is 0.174. The molecule has 1 aliphatic rings. The van der Waals surface area contributed by atoms with E-state index < -0.39 is 0 Å². The normalized spacial score (nSPS) is 13.1. The van der Waals surface area contributed by atoms with Crippen molar-refractivity contribution in [1.82, 2.24) is 4.98 Å². The van der Waals surface area contributed by atoms with Crippen molar-refractivity contribution in [2.24, 2.45) is 0 Å². The minimum absolute atomic E-state index is 0.282. The molecule has 108 valence electrons. The van der Waals surface area contributed by atoms with E-state index in [0.717, 1.165) is 33.7 Å². The molecule has 0 saturated carbocycles. The van der Waals surface area contributed by atoms with Crippen molar-refractivity contribution in [3.63, 3.8) is 0 Å². The van der Waals surface area contributed by atoms with Crippen molar-refractivity contribution >= 4 is 34.7 Å². The summed E-state index contributed by atoms with van der Waals surface area (Å²) in [6.07, 6.45) is 3.92. The van der Waals surface area contributed by atoms with Crippen LogP contribution in [0.1, 0.15) is 11.3 Å². The van der Waals surface area contributed by atoms with Crippen molar-refractivity contribution in [2.75, 3.05) is 6.79 Å². The van der Waals surface area contributed by atoms with Gasteiger partial charge in [-0.1, -0.05) is 41.9 Å². The molecule has 4 heteroatoms. The topological polar surface area (TPSA) is 31.4 Å². The van der Waals surface area contributed by atoms with Crippen LogP contribution in [0.25, 0.3) is 23.1 Å². The summed E-state index contributed by atoms with van der Waals surface area (Å²) in [5.41, 5.74) is 2.73. The van der Waals surface area contributed by atoms with Gasteiger partial charge in [0.15, 0.2) is 11.5 Å². The van der Waals surface area contributed by atoms with Gasteiger partial charge in [-0.05, 0) is 35.9 Å². The van der Waals surface area contributed by atoms with E-state index in [-0.39, 0.29) is 6.79 Å². The molecule has 0 fully saturated rings. The lowest BCUT2D eigenvalue weighted by Crippen LogP contribution is -1.92. The number of ether oxygens (including phenoxy) is 2. The maximum atomic E-state index is 6.31. The van der Waals surface area contributed by atoms with Crippen LogP contribution in [0.3, 0.4) is 0 Å². The Hall–Kier alpha value is -2.52. The van der Waals surface area contributed by atoms with Gasteiger partial charge in [0.1, 0.15) is 0 Å². The van der Waals surface area contributed by atoms with Gasteiger partial charge in [-0.2, -0.15) is 0 Å². The van der Waals surface area contributed by atoms with Crippen molar-refractivity contribution in [2.45, 2.75) is 0 Å². The summed E-state index contributed by atoms with van der Waals surface area (Å²) < 4.78 is 10.7. The average molecular weight is 310 g/mol. The molecule has 0 atom stereocenters. The molecule has 0 unspecified atom stereocenters. The van der Waals surface area contributed by atoms with Crippen molar-refractivity contribution in [1.29, 1.82) is 0 Å². The van der Waals surface area contributed by atoms with E-state index in [4.69, 9.17) is 21.1 Å². The molecule has 2 aromatic carbocycles. The van der Waals surface area contributed by atoms with Crippen molar-refractivity contribution in [3.05, 3.63) is 64.8 Å². The summed E-state index contributed by atoms with van der Waals surface area (Å²) in [6, 6.07) is 15.5. The first-order valence-electron chi connectivity index (χ1n) is 6.93. The van der Waals surface area contributed by atoms with Crippen LogP contribution in [-0.4, -0.2) is 11.8 Å². The highest BCUT2D eigenvalue weighted by Crippen LogP contribution is 2.33. The van der Waals surface area contributed by atoms with Crippen molar-refractivity contribution in [3.8, 4) is 11.5 Å². The van der Waals surface area contributed by atoms with Crippen LogP contribution in [0.4, 0.5) is 0 Å². The van der Waals surface area contributed by atoms with Gasteiger partial charge < -0.3 is 9.47 Å². The number of fused-ring (bicyclic) bond motifs is 2. The Kier molecular flexibility index (Phi) is 3.20. The van der Waals surface area contributed by atoms with Crippen LogP contribution in [0.15, 0.2) is 48.5 Å². The van der Waals surface area contributed by atoms with E-state index in [9.17, 15) is 0 Å². The van der Waals surface area contributed by atoms with Gasteiger partial charge in [0.25, 0.3) is 0 Å². The highest BCUT2D eigenvalue weighted by molar-refractivity contribution is 6.35. The fourth-order valence-electron chi connectivity index (χ4n) is 2.44. The van der Waals surface area contributed by atoms with Crippen LogP contribution < -0.4 is 9.47 Å². The van der Waals surface area contributed by atoms with Gasteiger partial charge >= 0.3 is 0 Å². The Morgan fingerprint density at radius 3 is 2.77 bits per heavy atom. The lowest BCUT2D eigenvalue weighted by atomic mass is 10.1. The minimum atomic E-state index is 0.282. The van der Waals surface area contributed by atoms with E-state index in [1.165, 1.54) is 0 Å². The number of hydrogen-bond acceptors (Lipinski definition) is 3. The van der Waals surface area contributed by atoms with Gasteiger partial charge in [-0.3, -0.25) is 0 Å². The lowest BCUT2D eigenvalue weighted by Gasteiger charge is -2.02. The van der Waals surface area contributed by atoms with Crippen LogP contribution in [0.2, 0.25) is 5.02 Å². The van der Waals surface area contributed by atoms with E-state index in [2.05, 4.69) is 4.98 Å². The Morgan fingerprint density at radius 1 is 0.955 bits per heavy atom. The molecule has 3 nitrogen and oxygen atoms in total. The van der Waals surface area contributed by atoms with Crippen LogP contribution >= 0.6 is 11.6 Å². The van der Waals surface area contributed by atoms with Crippen LogP contribution in [0.5, 0.6) is 11.5 Å². The first-order chi connectivity index (χ1) is 10.8. The molecule has 0 spiro atoms. The third kappa shape index (κ3) is 2.40. The maximum Gasteiger partial charge on any atom is 0.231 e. The molecule has 1 aromatic heterocycles. The van der Waals surface area contributed by atoms with E-state index >= 15 is 0 Å². The molecular formula is C18H12ClNO2. The van der Waals surface area contributed by atoms with Crippen LogP contribution in [-0.2, 0) is 0 Å². The number of nitrogens with zero attached hydrogens (tertiary/aromatic N) is 1. The average Bonchev–Trinajstić information content (AvgIpc) is 3.00. The van der Waals surface area contributed by atoms with Gasteiger partial charge in [-0.15, -0.1) is 0 Å². The quantitative estimate of drug-likeness (QED) is 0.682. The smallest absolute Gasteiger partial charge is 0.231 e. The molecular weight excluding hydrogens is 298 g/mol. The zero-order chi connectivity index (χ0) is 14.9. The van der Waals surface area contributed by atoms with Crippen molar-refractivity contribution < 1.29 is 9.47 Å². The van der Waals surface area contributed by atoms with Gasteiger partial charge in [0, 0.05) is 5.39 Å². The number of benzene rings is 2. The molecule has 1 aliphatic heterocycles. The molecule has 0 saturated heterocycles. The molecule has 2 heterocycles. The number of halogens is 1. The molecule has 0 bridgehead atoms. The second-order valence-electron chi connectivity index (χ2n) is 4.99. The summed E-state index contributed by atoms with van der Waals surface area (Å²) in [5.74, 6) is 1.55. The van der Waals surface area contributed by atoms with Crippen LogP contribution in [0, 0.1) is 0 Å². The summed E-state index contributed by atoms with van der Waals surface area (Å²) in [6.45, 7) is 0.282. The Bertz CT molecular complexity index is 889. The highest BCUT2D eigenvalue weighted by atomic mass is 35.5. The summed E-state index contributed by atoms with van der Waals surface area (Å²) in [7, 11) is 0. The first-order valence-corrected chi connectivity index (χ1v) is 7.30. The van der Waals surface area contributed by atoms with Gasteiger partial charge in [-0.25, -0.2) is 4.98 Å². The minimum Gasteiger partial charge on any atom is -0.454 e. The fraction of sp³-hybridized carbons (Fsp3) is 0.0556. The zero-order valence-corrected chi connectivity index (χ0v) is 12.4. The predicted octanol–water partition coefficient (Wildman–Crippen LogP) is 4.79. The number of para-hydroxylation sites is 1. The van der Waals surface area contributed by atoms with Gasteiger partial charge in [0.2, 0.25) is 6.79 Å². The number of hydrogen-bond donors (Lipinski definition) is 0. The van der Waals surface area contributed by atoms with E-state index in [1.807, 2.05) is 60.7 Å². The third-order valence-electron chi connectivity index (χ3n) is 3.53. The molecule has 3 aromatic rings. The number of rotatable bonds is 2. The second kappa shape index (κ2) is 5.35. The fourth-order valence-corrected chi connectivity index (χ4v) is 2.71. The highest BCUT2D eigenvalue weighted by Gasteiger charge is 2.12. The molecule has 0 N–H and O–H groups in total. The standard InChI is InChI=1S/C18H12ClNO2/c19-15-10-13(20-16-4-2-1-3-14(15)16)7-5-12-6-8-17-18(9-12)22-11-21-17/h1-10H,11H2/b7-5+. The molecule has 4 rings (SSSR count). The summed E-state index contributed by atoms with van der Waals surface area (Å²) >= 11 is 6.31. The summed E-state index contributed by atoms with van der Waals surface area (Å²) in [5, 5.41) is 1.67. The molecule has 0 radical (unpaired) electrons. The molecule has 0 aliphatic carbocycles. The predicted molar refractivity (Wildman–Crippen MR) is 88.2 cm³/mol. The maximum absolute atomic E-state index is 6.31. The zero-order valence-electron chi connectivity index (χ0n) is 11.6. The Labute approximate surface area is 132 Å².